The molecule has 1 aliphatic rings. The van der Waals surface area contributed by atoms with Gasteiger partial charge in [-0.3, -0.25) is 9.59 Å². The fourth-order valence-corrected chi connectivity index (χ4v) is 5.08. The minimum Gasteiger partial charge on any atom is -0.372 e. The normalized spacial score (nSPS) is 15.1. The summed E-state index contributed by atoms with van der Waals surface area (Å²) in [4.78, 5) is 36.1. The van der Waals surface area contributed by atoms with Crippen molar-refractivity contribution in [1.29, 1.82) is 0 Å². The molecular weight excluding hydrogens is 422 g/mol. The van der Waals surface area contributed by atoms with Gasteiger partial charge in [0.25, 0.3) is 5.56 Å². The lowest BCUT2D eigenvalue weighted by molar-refractivity contribution is -0.120. The third-order valence-corrected chi connectivity index (χ3v) is 7.12. The third kappa shape index (κ3) is 4.91. The first kappa shape index (κ1) is 22.2. The van der Waals surface area contributed by atoms with Crippen molar-refractivity contribution in [3.63, 3.8) is 0 Å². The second-order valence-electron chi connectivity index (χ2n) is 8.33. The van der Waals surface area contributed by atoms with Crippen LogP contribution in [0.5, 0.6) is 0 Å². The summed E-state index contributed by atoms with van der Waals surface area (Å²) in [5, 5.41) is 4.84. The molecule has 0 radical (unpaired) electrons. The van der Waals surface area contributed by atoms with E-state index in [1.165, 1.54) is 42.7 Å². The highest BCUT2D eigenvalue weighted by Crippen LogP contribution is 2.25. The van der Waals surface area contributed by atoms with Crippen LogP contribution in [0.15, 0.2) is 34.2 Å². The van der Waals surface area contributed by atoms with Gasteiger partial charge in [0.15, 0.2) is 0 Å². The van der Waals surface area contributed by atoms with Crippen molar-refractivity contribution in [3.05, 3.63) is 56.4 Å². The number of H-pyrrole nitrogens is 1. The maximum atomic E-state index is 12.4. The summed E-state index contributed by atoms with van der Waals surface area (Å²) in [6, 6.07) is 8.33. The van der Waals surface area contributed by atoms with Crippen LogP contribution in [0.4, 0.5) is 5.69 Å². The first-order chi connectivity index (χ1) is 15.4. The summed E-state index contributed by atoms with van der Waals surface area (Å²) < 4.78 is 0. The van der Waals surface area contributed by atoms with E-state index >= 15 is 0 Å². The Morgan fingerprint density at radius 2 is 1.84 bits per heavy atom. The van der Waals surface area contributed by atoms with Crippen molar-refractivity contribution < 1.29 is 4.79 Å². The minimum atomic E-state index is -0.321. The van der Waals surface area contributed by atoms with E-state index < -0.39 is 0 Å². The molecule has 0 spiro atoms. The van der Waals surface area contributed by atoms with Crippen LogP contribution in [0.25, 0.3) is 10.2 Å². The SMILES string of the molecule is C/C(=N\NC(=O)Cc1nc2sc(C)c(C)c2c(=O)[nH]1)c1ccc(N2CCCCCC2)cc1. The molecule has 168 valence electrons. The largest absolute Gasteiger partial charge is 0.372 e. The fourth-order valence-electron chi connectivity index (χ4n) is 4.03. The van der Waals surface area contributed by atoms with E-state index in [0.29, 0.717) is 16.0 Å². The Labute approximate surface area is 191 Å². The van der Waals surface area contributed by atoms with Crippen molar-refractivity contribution in [2.75, 3.05) is 18.0 Å². The quantitative estimate of drug-likeness (QED) is 0.452. The van der Waals surface area contributed by atoms with Crippen molar-refractivity contribution in [1.82, 2.24) is 15.4 Å². The number of hydrogen-bond acceptors (Lipinski definition) is 6. The van der Waals surface area contributed by atoms with Crippen LogP contribution in [0.1, 0.15) is 54.4 Å². The zero-order valence-corrected chi connectivity index (χ0v) is 19.6. The van der Waals surface area contributed by atoms with Crippen LogP contribution in [0, 0.1) is 13.8 Å². The first-order valence-corrected chi connectivity index (χ1v) is 11.9. The molecule has 3 heterocycles. The summed E-state index contributed by atoms with van der Waals surface area (Å²) in [5.41, 5.74) is 6.23. The van der Waals surface area contributed by atoms with Crippen LogP contribution < -0.4 is 15.9 Å². The lowest BCUT2D eigenvalue weighted by Gasteiger charge is -2.22. The van der Waals surface area contributed by atoms with Crippen molar-refractivity contribution in [3.8, 4) is 0 Å². The number of anilines is 1. The standard InChI is InChI=1S/C24H29N5O2S/c1-15-17(3)32-24-22(15)23(31)25-20(26-24)14-21(30)28-27-16(2)18-8-10-19(11-9-18)29-12-6-4-5-7-13-29/h8-11H,4-7,12-14H2,1-3H3,(H,28,30)(H,25,26,31)/b27-16+. The molecule has 0 aliphatic carbocycles. The number of aryl methyl sites for hydroxylation is 2. The summed E-state index contributed by atoms with van der Waals surface area (Å²) in [6.45, 7) is 7.95. The molecule has 2 N–H and O–H groups in total. The summed E-state index contributed by atoms with van der Waals surface area (Å²) in [7, 11) is 0. The molecule has 1 aromatic carbocycles. The van der Waals surface area contributed by atoms with E-state index in [0.717, 1.165) is 34.8 Å². The van der Waals surface area contributed by atoms with Gasteiger partial charge in [0.2, 0.25) is 5.91 Å². The number of nitrogens with zero attached hydrogens (tertiary/aromatic N) is 3. The number of carbonyl (C=O) groups is 1. The van der Waals surface area contributed by atoms with Gasteiger partial charge in [-0.15, -0.1) is 11.3 Å². The number of rotatable bonds is 5. The molecule has 1 aliphatic heterocycles. The molecule has 0 unspecified atom stereocenters. The molecule has 7 nitrogen and oxygen atoms in total. The highest BCUT2D eigenvalue weighted by molar-refractivity contribution is 7.18. The van der Waals surface area contributed by atoms with E-state index in [9.17, 15) is 9.59 Å². The zero-order valence-electron chi connectivity index (χ0n) is 18.8. The Morgan fingerprint density at radius 1 is 1.16 bits per heavy atom. The van der Waals surface area contributed by atoms with Crippen molar-refractivity contribution in [2.45, 2.75) is 52.9 Å². The van der Waals surface area contributed by atoms with Crippen LogP contribution in [0.2, 0.25) is 0 Å². The van der Waals surface area contributed by atoms with Crippen LogP contribution in [-0.4, -0.2) is 34.7 Å². The Bertz CT molecular complexity index is 1200. The molecule has 2 aromatic heterocycles. The number of hydrazone groups is 1. The second-order valence-corrected chi connectivity index (χ2v) is 9.54. The smallest absolute Gasteiger partial charge is 0.259 e. The second kappa shape index (κ2) is 9.65. The van der Waals surface area contributed by atoms with Gasteiger partial charge in [0, 0.05) is 23.7 Å². The number of fused-ring (bicyclic) bond motifs is 1. The molecule has 4 rings (SSSR count). The molecule has 1 fully saturated rings. The number of benzene rings is 1. The monoisotopic (exact) mass is 451 g/mol. The molecule has 3 aromatic rings. The molecule has 0 atom stereocenters. The Morgan fingerprint density at radius 3 is 2.53 bits per heavy atom. The molecule has 0 bridgehead atoms. The number of aromatic amines is 1. The first-order valence-electron chi connectivity index (χ1n) is 11.1. The lowest BCUT2D eigenvalue weighted by Crippen LogP contribution is -2.24. The number of nitrogens with one attached hydrogen (secondary N) is 2. The Balaban J connectivity index is 1.40. The molecule has 8 heteroatoms. The van der Waals surface area contributed by atoms with Crippen LogP contribution in [-0.2, 0) is 11.2 Å². The maximum absolute atomic E-state index is 12.4. The van der Waals surface area contributed by atoms with E-state index in [2.05, 4.69) is 37.5 Å². The van der Waals surface area contributed by atoms with Gasteiger partial charge in [-0.2, -0.15) is 5.10 Å². The molecule has 1 saturated heterocycles. The predicted octanol–water partition coefficient (Wildman–Crippen LogP) is 4.06. The number of thiophene rings is 1. The summed E-state index contributed by atoms with van der Waals surface area (Å²) >= 11 is 1.47. The van der Waals surface area contributed by atoms with Crippen LogP contribution >= 0.6 is 11.3 Å². The highest BCUT2D eigenvalue weighted by Gasteiger charge is 2.14. The number of amides is 1. The topological polar surface area (TPSA) is 90.5 Å². The minimum absolute atomic E-state index is 0.0359. The van der Waals surface area contributed by atoms with E-state index in [4.69, 9.17) is 0 Å². The summed E-state index contributed by atoms with van der Waals surface area (Å²) in [5.74, 6) is 0.0222. The molecular formula is C24H29N5O2S. The van der Waals surface area contributed by atoms with Gasteiger partial charge in [0.05, 0.1) is 17.5 Å². The number of aromatic nitrogens is 2. The Hall–Kier alpha value is -3.00. The lowest BCUT2D eigenvalue weighted by atomic mass is 10.1. The molecule has 0 saturated carbocycles. The van der Waals surface area contributed by atoms with E-state index in [1.54, 1.807) is 0 Å². The number of carbonyl (C=O) groups excluding carboxylic acids is 1. The van der Waals surface area contributed by atoms with Gasteiger partial charge < -0.3 is 9.88 Å². The Kier molecular flexibility index (Phi) is 6.69. The van der Waals surface area contributed by atoms with E-state index in [-0.39, 0.29) is 17.9 Å². The number of hydrogen-bond donors (Lipinski definition) is 2. The van der Waals surface area contributed by atoms with Gasteiger partial charge >= 0.3 is 0 Å². The van der Waals surface area contributed by atoms with Gasteiger partial charge in [-0.05, 0) is 56.9 Å². The predicted molar refractivity (Wildman–Crippen MR) is 131 cm³/mol. The average Bonchev–Trinajstić information content (AvgIpc) is 2.95. The maximum Gasteiger partial charge on any atom is 0.259 e. The van der Waals surface area contributed by atoms with Gasteiger partial charge in [0.1, 0.15) is 10.7 Å². The molecule has 1 amide bonds. The summed E-state index contributed by atoms with van der Waals surface area (Å²) in [6.07, 6.45) is 5.07. The van der Waals surface area contributed by atoms with Gasteiger partial charge in [-0.1, -0.05) is 25.0 Å². The average molecular weight is 452 g/mol. The van der Waals surface area contributed by atoms with Crippen LogP contribution in [0.3, 0.4) is 0 Å². The third-order valence-electron chi connectivity index (χ3n) is 6.02. The van der Waals surface area contributed by atoms with Crippen molar-refractivity contribution >= 4 is 38.9 Å². The highest BCUT2D eigenvalue weighted by atomic mass is 32.1. The molecule has 32 heavy (non-hydrogen) atoms. The van der Waals surface area contributed by atoms with Crippen molar-refractivity contribution in [2.24, 2.45) is 5.10 Å². The van der Waals surface area contributed by atoms with Gasteiger partial charge in [-0.25, -0.2) is 10.4 Å². The van der Waals surface area contributed by atoms with E-state index in [1.807, 2.05) is 32.9 Å². The zero-order chi connectivity index (χ0) is 22.7. The fraction of sp³-hybridized carbons (Fsp3) is 0.417.